The van der Waals surface area contributed by atoms with E-state index in [0.717, 1.165) is 28.4 Å². The Morgan fingerprint density at radius 2 is 1.89 bits per heavy atom. The SMILES string of the molecule is Cc1cccc(OCCNC(=O)COc2ccc3ccccc3c2C=O)c1. The molecule has 0 spiro atoms. The molecule has 0 aliphatic carbocycles. The van der Waals surface area contributed by atoms with Crippen molar-refractivity contribution < 1.29 is 19.1 Å². The van der Waals surface area contributed by atoms with Gasteiger partial charge in [-0.2, -0.15) is 0 Å². The highest BCUT2D eigenvalue weighted by Gasteiger charge is 2.10. The molecule has 3 aromatic rings. The zero-order valence-corrected chi connectivity index (χ0v) is 15.1. The molecular formula is C22H21NO4. The van der Waals surface area contributed by atoms with Crippen molar-refractivity contribution >= 4 is 23.0 Å². The number of carbonyl (C=O) groups excluding carboxylic acids is 2. The molecule has 0 radical (unpaired) electrons. The number of fused-ring (bicyclic) bond motifs is 1. The molecule has 1 amide bonds. The van der Waals surface area contributed by atoms with Gasteiger partial charge >= 0.3 is 0 Å². The van der Waals surface area contributed by atoms with E-state index in [0.29, 0.717) is 24.5 Å². The molecule has 0 bridgehead atoms. The smallest absolute Gasteiger partial charge is 0.258 e. The Balaban J connectivity index is 1.49. The summed E-state index contributed by atoms with van der Waals surface area (Å²) in [5.74, 6) is 0.898. The number of amides is 1. The molecule has 3 aromatic carbocycles. The molecular weight excluding hydrogens is 342 g/mol. The lowest BCUT2D eigenvalue weighted by molar-refractivity contribution is -0.123. The van der Waals surface area contributed by atoms with Crippen molar-refractivity contribution in [2.75, 3.05) is 19.8 Å². The number of benzene rings is 3. The first-order valence-corrected chi connectivity index (χ1v) is 8.73. The molecule has 5 nitrogen and oxygen atoms in total. The molecule has 0 aliphatic heterocycles. The van der Waals surface area contributed by atoms with Gasteiger partial charge in [0.15, 0.2) is 12.9 Å². The van der Waals surface area contributed by atoms with Gasteiger partial charge in [0.1, 0.15) is 18.1 Å². The molecule has 1 N–H and O–H groups in total. The molecule has 0 aliphatic rings. The maximum absolute atomic E-state index is 12.0. The van der Waals surface area contributed by atoms with E-state index in [1.165, 1.54) is 0 Å². The molecule has 27 heavy (non-hydrogen) atoms. The second-order valence-electron chi connectivity index (χ2n) is 6.12. The summed E-state index contributed by atoms with van der Waals surface area (Å²) < 4.78 is 11.1. The van der Waals surface area contributed by atoms with E-state index in [-0.39, 0.29) is 12.5 Å². The van der Waals surface area contributed by atoms with Gasteiger partial charge in [-0.1, -0.05) is 42.5 Å². The molecule has 0 atom stereocenters. The van der Waals surface area contributed by atoms with Crippen molar-refractivity contribution in [3.8, 4) is 11.5 Å². The predicted octanol–water partition coefficient (Wildman–Crippen LogP) is 3.53. The Bertz CT molecular complexity index is 952. The third-order valence-electron chi connectivity index (χ3n) is 4.09. The summed E-state index contributed by atoms with van der Waals surface area (Å²) in [7, 11) is 0. The number of hydrogen-bond donors (Lipinski definition) is 1. The Morgan fingerprint density at radius 3 is 2.70 bits per heavy atom. The summed E-state index contributed by atoms with van der Waals surface area (Å²) in [6, 6.07) is 18.8. The molecule has 0 saturated heterocycles. The van der Waals surface area contributed by atoms with Crippen LogP contribution < -0.4 is 14.8 Å². The summed E-state index contributed by atoms with van der Waals surface area (Å²) >= 11 is 0. The lowest BCUT2D eigenvalue weighted by Gasteiger charge is -2.11. The Hall–Kier alpha value is -3.34. The van der Waals surface area contributed by atoms with Crippen molar-refractivity contribution in [1.82, 2.24) is 5.32 Å². The maximum atomic E-state index is 12.0. The second-order valence-corrected chi connectivity index (χ2v) is 6.12. The molecule has 0 heterocycles. The van der Waals surface area contributed by atoms with Crippen LogP contribution in [0.15, 0.2) is 60.7 Å². The van der Waals surface area contributed by atoms with E-state index >= 15 is 0 Å². The van der Waals surface area contributed by atoms with Crippen molar-refractivity contribution in [2.45, 2.75) is 6.92 Å². The van der Waals surface area contributed by atoms with Crippen LogP contribution in [-0.4, -0.2) is 32.0 Å². The van der Waals surface area contributed by atoms with E-state index in [1.807, 2.05) is 61.5 Å². The van der Waals surface area contributed by atoms with Gasteiger partial charge < -0.3 is 14.8 Å². The minimum Gasteiger partial charge on any atom is -0.492 e. The van der Waals surface area contributed by atoms with Gasteiger partial charge in [-0.05, 0) is 41.5 Å². The van der Waals surface area contributed by atoms with Crippen LogP contribution in [0.1, 0.15) is 15.9 Å². The summed E-state index contributed by atoms with van der Waals surface area (Å²) in [5, 5.41) is 4.49. The van der Waals surface area contributed by atoms with Crippen LogP contribution in [-0.2, 0) is 4.79 Å². The molecule has 3 rings (SSSR count). The third kappa shape index (κ3) is 4.85. The quantitative estimate of drug-likeness (QED) is 0.491. The Labute approximate surface area is 157 Å². The molecule has 0 fully saturated rings. The van der Waals surface area contributed by atoms with Crippen molar-refractivity contribution in [1.29, 1.82) is 0 Å². The van der Waals surface area contributed by atoms with Crippen LogP contribution in [0.3, 0.4) is 0 Å². The van der Waals surface area contributed by atoms with E-state index in [4.69, 9.17) is 9.47 Å². The standard InChI is InChI=1S/C22H21NO4/c1-16-5-4-7-18(13-16)26-12-11-23-22(25)15-27-21-10-9-17-6-2-3-8-19(17)20(21)14-24/h2-10,13-14H,11-12,15H2,1H3,(H,23,25). The average molecular weight is 363 g/mol. The summed E-state index contributed by atoms with van der Waals surface area (Å²) in [5.41, 5.74) is 1.56. The largest absolute Gasteiger partial charge is 0.492 e. The highest BCUT2D eigenvalue weighted by molar-refractivity contribution is 6.00. The number of carbonyl (C=O) groups is 2. The van der Waals surface area contributed by atoms with Crippen molar-refractivity contribution in [3.63, 3.8) is 0 Å². The fourth-order valence-corrected chi connectivity index (χ4v) is 2.78. The third-order valence-corrected chi connectivity index (χ3v) is 4.09. The Morgan fingerprint density at radius 1 is 1.04 bits per heavy atom. The lowest BCUT2D eigenvalue weighted by atomic mass is 10.0. The van der Waals surface area contributed by atoms with Gasteiger partial charge in [-0.15, -0.1) is 0 Å². The number of rotatable bonds is 8. The maximum Gasteiger partial charge on any atom is 0.258 e. The topological polar surface area (TPSA) is 64.6 Å². The highest BCUT2D eigenvalue weighted by atomic mass is 16.5. The van der Waals surface area contributed by atoms with Crippen molar-refractivity contribution in [2.24, 2.45) is 0 Å². The van der Waals surface area contributed by atoms with Crippen LogP contribution in [0.2, 0.25) is 0 Å². The fourth-order valence-electron chi connectivity index (χ4n) is 2.78. The zero-order chi connectivity index (χ0) is 19.1. The number of aryl methyl sites for hydroxylation is 1. The Kier molecular flexibility index (Phi) is 6.05. The summed E-state index contributed by atoms with van der Waals surface area (Å²) in [6.07, 6.45) is 0.755. The number of hydrogen-bond acceptors (Lipinski definition) is 4. The molecule has 0 saturated carbocycles. The normalized spacial score (nSPS) is 10.4. The van der Waals surface area contributed by atoms with Gasteiger partial charge in [0.25, 0.3) is 5.91 Å². The predicted molar refractivity (Wildman–Crippen MR) is 105 cm³/mol. The van der Waals surface area contributed by atoms with E-state index < -0.39 is 0 Å². The summed E-state index contributed by atoms with van der Waals surface area (Å²) in [6.45, 7) is 2.56. The molecule has 0 unspecified atom stereocenters. The second kappa shape index (κ2) is 8.85. The average Bonchev–Trinajstić information content (AvgIpc) is 2.69. The van der Waals surface area contributed by atoms with Gasteiger partial charge in [0.2, 0.25) is 0 Å². The van der Waals surface area contributed by atoms with Gasteiger partial charge in [-0.3, -0.25) is 9.59 Å². The number of ether oxygens (including phenoxy) is 2. The van der Waals surface area contributed by atoms with Crippen LogP contribution >= 0.6 is 0 Å². The number of nitrogens with one attached hydrogen (secondary N) is 1. The van der Waals surface area contributed by atoms with E-state index in [2.05, 4.69) is 5.32 Å². The highest BCUT2D eigenvalue weighted by Crippen LogP contribution is 2.26. The van der Waals surface area contributed by atoms with Crippen molar-refractivity contribution in [3.05, 3.63) is 71.8 Å². The van der Waals surface area contributed by atoms with Gasteiger partial charge in [0, 0.05) is 0 Å². The lowest BCUT2D eigenvalue weighted by Crippen LogP contribution is -2.32. The fraction of sp³-hybridized carbons (Fsp3) is 0.182. The zero-order valence-electron chi connectivity index (χ0n) is 15.1. The van der Waals surface area contributed by atoms with E-state index in [9.17, 15) is 9.59 Å². The molecule has 0 aromatic heterocycles. The molecule has 5 heteroatoms. The minimum atomic E-state index is -0.271. The van der Waals surface area contributed by atoms with Crippen LogP contribution in [0, 0.1) is 6.92 Å². The van der Waals surface area contributed by atoms with Crippen LogP contribution in [0.25, 0.3) is 10.8 Å². The van der Waals surface area contributed by atoms with Crippen LogP contribution in [0.5, 0.6) is 11.5 Å². The minimum absolute atomic E-state index is 0.163. The summed E-state index contributed by atoms with van der Waals surface area (Å²) in [4.78, 5) is 23.4. The van der Waals surface area contributed by atoms with Crippen LogP contribution in [0.4, 0.5) is 0 Å². The first kappa shape index (κ1) is 18.5. The van der Waals surface area contributed by atoms with Gasteiger partial charge in [-0.25, -0.2) is 0 Å². The van der Waals surface area contributed by atoms with Gasteiger partial charge in [0.05, 0.1) is 12.1 Å². The first-order valence-electron chi connectivity index (χ1n) is 8.73. The molecule has 138 valence electrons. The number of aldehydes is 1. The first-order chi connectivity index (χ1) is 13.2. The van der Waals surface area contributed by atoms with E-state index in [1.54, 1.807) is 6.07 Å². The monoisotopic (exact) mass is 363 g/mol.